The number of rotatable bonds is 8. The number of alkyl halides is 3. The summed E-state index contributed by atoms with van der Waals surface area (Å²) in [6.07, 6.45) is -4.96. The molecule has 1 atom stereocenters. The average molecular weight is 365 g/mol. The van der Waals surface area contributed by atoms with Crippen molar-refractivity contribution in [2.75, 3.05) is 13.7 Å². The number of carboxylic acids is 1. The number of methoxy groups -OCH3 is 1. The lowest BCUT2D eigenvalue weighted by Gasteiger charge is -2.28. The summed E-state index contributed by atoms with van der Waals surface area (Å²) in [7, 11) is 1.38. The van der Waals surface area contributed by atoms with E-state index in [4.69, 9.17) is 9.84 Å². The fourth-order valence-corrected chi connectivity index (χ4v) is 2.64. The molecule has 1 heterocycles. The zero-order valence-corrected chi connectivity index (χ0v) is 14.5. The molecule has 142 valence electrons. The lowest BCUT2D eigenvalue weighted by molar-refractivity contribution is -0.143. The molecule has 7 nitrogen and oxygen atoms in total. The highest BCUT2D eigenvalue weighted by Gasteiger charge is 2.32. The van der Waals surface area contributed by atoms with Gasteiger partial charge >= 0.3 is 12.1 Å². The van der Waals surface area contributed by atoms with Crippen LogP contribution in [0.3, 0.4) is 0 Å². The van der Waals surface area contributed by atoms with E-state index in [0.717, 1.165) is 4.68 Å². The molecule has 0 aliphatic heterocycles. The number of aromatic nitrogens is 2. The highest BCUT2D eigenvalue weighted by molar-refractivity contribution is 5.81. The quantitative estimate of drug-likeness (QED) is 0.730. The van der Waals surface area contributed by atoms with Crippen molar-refractivity contribution >= 4 is 11.9 Å². The third-order valence-electron chi connectivity index (χ3n) is 3.64. The van der Waals surface area contributed by atoms with Crippen LogP contribution in [0.1, 0.15) is 30.3 Å². The van der Waals surface area contributed by atoms with Gasteiger partial charge in [-0.1, -0.05) is 0 Å². The van der Waals surface area contributed by atoms with E-state index in [2.05, 4.69) is 10.4 Å². The maximum Gasteiger partial charge on any atom is 0.408 e. The Morgan fingerprint density at radius 1 is 1.32 bits per heavy atom. The average Bonchev–Trinajstić information content (AvgIpc) is 2.63. The first-order chi connectivity index (χ1) is 11.4. The number of ether oxygens (including phenoxy) is 1. The van der Waals surface area contributed by atoms with Gasteiger partial charge < -0.3 is 15.2 Å². The highest BCUT2D eigenvalue weighted by Crippen LogP contribution is 2.21. The second kappa shape index (κ2) is 7.85. The van der Waals surface area contributed by atoms with Gasteiger partial charge in [-0.2, -0.15) is 18.3 Å². The van der Waals surface area contributed by atoms with E-state index < -0.39 is 30.1 Å². The van der Waals surface area contributed by atoms with E-state index in [1.807, 2.05) is 0 Å². The largest absolute Gasteiger partial charge is 0.481 e. The minimum absolute atomic E-state index is 0.0175. The zero-order chi connectivity index (χ0) is 19.4. The van der Waals surface area contributed by atoms with Gasteiger partial charge in [0.05, 0.1) is 30.7 Å². The molecular weight excluding hydrogens is 343 g/mol. The van der Waals surface area contributed by atoms with Gasteiger partial charge in [0.15, 0.2) is 0 Å². The van der Waals surface area contributed by atoms with Gasteiger partial charge in [0, 0.05) is 18.4 Å². The molecule has 10 heteroatoms. The zero-order valence-electron chi connectivity index (χ0n) is 14.5. The van der Waals surface area contributed by atoms with E-state index in [0.29, 0.717) is 11.3 Å². The van der Waals surface area contributed by atoms with Gasteiger partial charge in [0.2, 0.25) is 5.91 Å². The Kier molecular flexibility index (Phi) is 6.58. The Labute approximate surface area is 143 Å². The van der Waals surface area contributed by atoms with Gasteiger partial charge in [-0.15, -0.1) is 0 Å². The van der Waals surface area contributed by atoms with Crippen LogP contribution in [0.4, 0.5) is 13.2 Å². The smallest absolute Gasteiger partial charge is 0.408 e. The predicted octanol–water partition coefficient (Wildman–Crippen LogP) is 1.60. The molecule has 1 unspecified atom stereocenters. The summed E-state index contributed by atoms with van der Waals surface area (Å²) in [6, 6.07) is 0. The minimum atomic E-state index is -4.42. The number of carbonyl (C=O) groups excluding carboxylic acids is 1. The number of carboxylic acid groups (broad SMARTS) is 1. The molecule has 0 saturated heterocycles. The second-order valence-electron chi connectivity index (χ2n) is 6.21. The number of carbonyl (C=O) groups is 2. The van der Waals surface area contributed by atoms with Crippen molar-refractivity contribution in [2.45, 2.75) is 51.9 Å². The number of hydrogen-bond donors (Lipinski definition) is 2. The first-order valence-corrected chi connectivity index (χ1v) is 7.48. The molecule has 25 heavy (non-hydrogen) atoms. The molecule has 0 aliphatic carbocycles. The molecule has 2 N–H and O–H groups in total. The molecule has 1 aromatic heterocycles. The van der Waals surface area contributed by atoms with Gasteiger partial charge in [-0.3, -0.25) is 14.3 Å². The number of hydrogen-bond acceptors (Lipinski definition) is 4. The van der Waals surface area contributed by atoms with E-state index in [9.17, 15) is 22.8 Å². The number of aryl methyl sites for hydroxylation is 1. The summed E-state index contributed by atoms with van der Waals surface area (Å²) >= 11 is 0. The molecule has 1 aromatic rings. The number of halogens is 3. The summed E-state index contributed by atoms with van der Waals surface area (Å²) < 4.78 is 43.4. The van der Waals surface area contributed by atoms with E-state index >= 15 is 0 Å². The topological polar surface area (TPSA) is 93.4 Å². The molecule has 1 rings (SSSR count). The van der Waals surface area contributed by atoms with Crippen LogP contribution in [0.5, 0.6) is 0 Å². The second-order valence-corrected chi connectivity index (χ2v) is 6.21. The van der Waals surface area contributed by atoms with Crippen LogP contribution in [0.25, 0.3) is 0 Å². The summed E-state index contributed by atoms with van der Waals surface area (Å²) in [5.74, 6) is -1.62. The molecule has 0 fully saturated rings. The van der Waals surface area contributed by atoms with Crippen LogP contribution in [-0.4, -0.2) is 52.2 Å². The van der Waals surface area contributed by atoms with Crippen LogP contribution in [0.2, 0.25) is 0 Å². The van der Waals surface area contributed by atoms with Crippen molar-refractivity contribution in [3.05, 3.63) is 17.0 Å². The first-order valence-electron chi connectivity index (χ1n) is 7.48. The predicted molar refractivity (Wildman–Crippen MR) is 82.1 cm³/mol. The Hall–Kier alpha value is -2.10. The lowest BCUT2D eigenvalue weighted by atomic mass is 9.98. The molecule has 0 saturated carbocycles. The van der Waals surface area contributed by atoms with Crippen molar-refractivity contribution in [2.24, 2.45) is 0 Å². The van der Waals surface area contributed by atoms with E-state index in [1.165, 1.54) is 27.9 Å². The molecule has 0 radical (unpaired) electrons. The fraction of sp³-hybridized carbons (Fsp3) is 0.667. The van der Waals surface area contributed by atoms with Gasteiger partial charge in [-0.05, 0) is 20.8 Å². The SMILES string of the molecule is COCC(C)(CC(=O)O)NC(=O)Cc1c(C)nn(CC(F)(F)F)c1C. The summed E-state index contributed by atoms with van der Waals surface area (Å²) in [5, 5.41) is 15.4. The molecule has 1 amide bonds. The summed E-state index contributed by atoms with van der Waals surface area (Å²) in [5.41, 5.74) is -0.168. The molecule has 0 spiro atoms. The standard InChI is InChI=1S/C15H22F3N3O4/c1-9-11(10(2)21(20-9)7-15(16,17)18)5-12(22)19-14(3,8-25-4)6-13(23)24/h5-8H2,1-4H3,(H,19,22)(H,23,24). The minimum Gasteiger partial charge on any atom is -0.481 e. The Morgan fingerprint density at radius 2 is 1.92 bits per heavy atom. The van der Waals surface area contributed by atoms with Gasteiger partial charge in [0.1, 0.15) is 6.54 Å². The van der Waals surface area contributed by atoms with Crippen LogP contribution >= 0.6 is 0 Å². The maximum atomic E-state index is 12.5. The number of nitrogens with one attached hydrogen (secondary N) is 1. The summed E-state index contributed by atoms with van der Waals surface area (Å²) in [4.78, 5) is 23.2. The Balaban J connectivity index is 2.91. The van der Waals surface area contributed by atoms with Crippen LogP contribution < -0.4 is 5.32 Å². The van der Waals surface area contributed by atoms with Crippen molar-refractivity contribution in [3.63, 3.8) is 0 Å². The van der Waals surface area contributed by atoms with Crippen LogP contribution in [0, 0.1) is 13.8 Å². The Bertz CT molecular complexity index is 643. The monoisotopic (exact) mass is 365 g/mol. The number of aliphatic carboxylic acids is 1. The number of nitrogens with zero attached hydrogens (tertiary/aromatic N) is 2. The molecule has 0 bridgehead atoms. The van der Waals surface area contributed by atoms with Gasteiger partial charge in [-0.25, -0.2) is 0 Å². The Morgan fingerprint density at radius 3 is 2.40 bits per heavy atom. The van der Waals surface area contributed by atoms with E-state index in [1.54, 1.807) is 0 Å². The normalized spacial score (nSPS) is 14.2. The first kappa shape index (κ1) is 20.9. The van der Waals surface area contributed by atoms with Crippen molar-refractivity contribution in [1.82, 2.24) is 15.1 Å². The van der Waals surface area contributed by atoms with Crippen molar-refractivity contribution in [1.29, 1.82) is 0 Å². The molecule has 0 aliphatic rings. The number of amides is 1. The summed E-state index contributed by atoms with van der Waals surface area (Å²) in [6.45, 7) is 3.25. The van der Waals surface area contributed by atoms with Gasteiger partial charge in [0.25, 0.3) is 0 Å². The van der Waals surface area contributed by atoms with E-state index in [-0.39, 0.29) is 25.1 Å². The third kappa shape index (κ3) is 6.37. The fourth-order valence-electron chi connectivity index (χ4n) is 2.64. The molecule has 0 aromatic carbocycles. The maximum absolute atomic E-state index is 12.5. The highest BCUT2D eigenvalue weighted by atomic mass is 19.4. The van der Waals surface area contributed by atoms with Crippen molar-refractivity contribution in [3.8, 4) is 0 Å². The molecular formula is C15H22F3N3O4. The third-order valence-corrected chi connectivity index (χ3v) is 3.64. The van der Waals surface area contributed by atoms with Crippen molar-refractivity contribution < 1.29 is 32.6 Å². The van der Waals surface area contributed by atoms with Crippen LogP contribution in [-0.2, 0) is 27.3 Å². The lowest BCUT2D eigenvalue weighted by Crippen LogP contribution is -2.51. The van der Waals surface area contributed by atoms with Crippen LogP contribution in [0.15, 0.2) is 0 Å².